The quantitative estimate of drug-likeness (QED) is 0.829. The molecular formula is C14H16F2N2O2S. The summed E-state index contributed by atoms with van der Waals surface area (Å²) in [4.78, 5) is 14.8. The van der Waals surface area contributed by atoms with E-state index in [1.165, 1.54) is 6.07 Å². The zero-order valence-corrected chi connectivity index (χ0v) is 12.6. The van der Waals surface area contributed by atoms with Crippen LogP contribution in [0.1, 0.15) is 20.3 Å². The number of aromatic nitrogens is 2. The number of carbonyl (C=O) groups is 1. The van der Waals surface area contributed by atoms with Gasteiger partial charge in [-0.3, -0.25) is 4.79 Å². The van der Waals surface area contributed by atoms with Crippen LogP contribution in [0.4, 0.5) is 8.78 Å². The van der Waals surface area contributed by atoms with Crippen molar-refractivity contribution in [2.75, 3.05) is 5.75 Å². The summed E-state index contributed by atoms with van der Waals surface area (Å²) in [5, 5.41) is 9.18. The van der Waals surface area contributed by atoms with Crippen LogP contribution in [0.25, 0.3) is 11.0 Å². The second kappa shape index (κ2) is 6.43. The van der Waals surface area contributed by atoms with E-state index in [1.54, 1.807) is 4.57 Å². The van der Waals surface area contributed by atoms with Crippen molar-refractivity contribution in [3.63, 3.8) is 0 Å². The topological polar surface area (TPSA) is 55.1 Å². The lowest BCUT2D eigenvalue weighted by Crippen LogP contribution is -2.09. The minimum Gasteiger partial charge on any atom is -0.481 e. The zero-order valence-electron chi connectivity index (χ0n) is 11.8. The van der Waals surface area contributed by atoms with Gasteiger partial charge < -0.3 is 9.67 Å². The largest absolute Gasteiger partial charge is 0.481 e. The number of thioether (sulfide) groups is 1. The van der Waals surface area contributed by atoms with Gasteiger partial charge in [-0.05, 0) is 5.92 Å². The van der Waals surface area contributed by atoms with Crippen molar-refractivity contribution in [2.45, 2.75) is 32.0 Å². The fourth-order valence-electron chi connectivity index (χ4n) is 1.98. The summed E-state index contributed by atoms with van der Waals surface area (Å²) in [5.74, 6) is -2.26. The van der Waals surface area contributed by atoms with Crippen molar-refractivity contribution in [3.8, 4) is 0 Å². The van der Waals surface area contributed by atoms with Gasteiger partial charge in [-0.1, -0.05) is 32.0 Å². The van der Waals surface area contributed by atoms with E-state index in [9.17, 15) is 13.6 Å². The molecular weight excluding hydrogens is 298 g/mol. The highest BCUT2D eigenvalue weighted by molar-refractivity contribution is 7.99. The van der Waals surface area contributed by atoms with Gasteiger partial charge in [0, 0.05) is 18.7 Å². The predicted octanol–water partition coefficient (Wildman–Crippen LogP) is 3.54. The molecule has 0 fully saturated rings. The van der Waals surface area contributed by atoms with Gasteiger partial charge in [0.15, 0.2) is 11.0 Å². The van der Waals surface area contributed by atoms with Gasteiger partial charge in [0.1, 0.15) is 11.3 Å². The van der Waals surface area contributed by atoms with E-state index in [4.69, 9.17) is 5.11 Å². The summed E-state index contributed by atoms with van der Waals surface area (Å²) >= 11 is 1.01. The Kier molecular flexibility index (Phi) is 4.82. The molecule has 0 saturated heterocycles. The molecule has 0 aliphatic heterocycles. The standard InChI is InChI=1S/C14H16F2N2O2S/c1-3-8(2)6-18-11-5-9(15)4-10(16)13(11)17-14(18)21-7-12(19)20/h4-5,8H,3,6-7H2,1-2H3,(H,19,20). The fraction of sp³-hybridized carbons (Fsp3) is 0.429. The zero-order chi connectivity index (χ0) is 15.6. The Morgan fingerprint density at radius 3 is 2.81 bits per heavy atom. The summed E-state index contributed by atoms with van der Waals surface area (Å²) in [6, 6.07) is 2.02. The molecule has 0 aliphatic carbocycles. The highest BCUT2D eigenvalue weighted by atomic mass is 32.2. The number of hydrogen-bond acceptors (Lipinski definition) is 3. The number of aliphatic carboxylic acids is 1. The van der Waals surface area contributed by atoms with E-state index in [-0.39, 0.29) is 17.2 Å². The van der Waals surface area contributed by atoms with Crippen LogP contribution >= 0.6 is 11.8 Å². The van der Waals surface area contributed by atoms with Crippen LogP contribution in [-0.4, -0.2) is 26.4 Å². The lowest BCUT2D eigenvalue weighted by molar-refractivity contribution is -0.133. The van der Waals surface area contributed by atoms with Crippen LogP contribution in [0.3, 0.4) is 0 Å². The van der Waals surface area contributed by atoms with Crippen molar-refractivity contribution >= 4 is 28.8 Å². The number of imidazole rings is 1. The van der Waals surface area contributed by atoms with Crippen molar-refractivity contribution in [3.05, 3.63) is 23.8 Å². The molecule has 0 aliphatic rings. The predicted molar refractivity (Wildman–Crippen MR) is 77.5 cm³/mol. The van der Waals surface area contributed by atoms with Crippen molar-refractivity contribution in [1.29, 1.82) is 0 Å². The Morgan fingerprint density at radius 1 is 1.48 bits per heavy atom. The number of fused-ring (bicyclic) bond motifs is 1. The van der Waals surface area contributed by atoms with Gasteiger partial charge in [0.2, 0.25) is 0 Å². The summed E-state index contributed by atoms with van der Waals surface area (Å²) in [5.41, 5.74) is 0.438. The van der Waals surface area contributed by atoms with Gasteiger partial charge in [-0.25, -0.2) is 13.8 Å². The van der Waals surface area contributed by atoms with Crippen LogP contribution in [0, 0.1) is 17.6 Å². The van der Waals surface area contributed by atoms with Crippen molar-refractivity contribution in [1.82, 2.24) is 9.55 Å². The molecule has 1 atom stereocenters. The maximum Gasteiger partial charge on any atom is 0.313 e. The lowest BCUT2D eigenvalue weighted by atomic mass is 10.1. The van der Waals surface area contributed by atoms with Crippen molar-refractivity contribution in [2.24, 2.45) is 5.92 Å². The Balaban J connectivity index is 2.51. The first-order valence-corrected chi connectivity index (χ1v) is 7.60. The van der Waals surface area contributed by atoms with Crippen LogP contribution < -0.4 is 0 Å². The molecule has 7 heteroatoms. The number of carboxylic acid groups (broad SMARTS) is 1. The summed E-state index contributed by atoms with van der Waals surface area (Å²) in [7, 11) is 0. The highest BCUT2D eigenvalue weighted by Gasteiger charge is 2.18. The summed E-state index contributed by atoms with van der Waals surface area (Å²) in [6.45, 7) is 4.58. The first kappa shape index (κ1) is 15.8. The minimum absolute atomic E-state index is 0.0765. The molecule has 1 unspecified atom stereocenters. The Morgan fingerprint density at radius 2 is 2.19 bits per heavy atom. The number of nitrogens with zero attached hydrogens (tertiary/aromatic N) is 2. The Bertz CT molecular complexity index is 673. The van der Waals surface area contributed by atoms with Crippen LogP contribution in [0.2, 0.25) is 0 Å². The molecule has 21 heavy (non-hydrogen) atoms. The molecule has 0 radical (unpaired) electrons. The van der Waals surface area contributed by atoms with Crippen LogP contribution in [0.15, 0.2) is 17.3 Å². The molecule has 1 N–H and O–H groups in total. The van der Waals surface area contributed by atoms with E-state index in [1.807, 2.05) is 13.8 Å². The van der Waals surface area contributed by atoms with E-state index in [0.29, 0.717) is 17.2 Å². The smallest absolute Gasteiger partial charge is 0.313 e. The van der Waals surface area contributed by atoms with Gasteiger partial charge in [0.25, 0.3) is 0 Å². The molecule has 0 amide bonds. The van der Waals surface area contributed by atoms with E-state index < -0.39 is 17.6 Å². The van der Waals surface area contributed by atoms with E-state index in [0.717, 1.165) is 24.2 Å². The average molecular weight is 314 g/mol. The molecule has 4 nitrogen and oxygen atoms in total. The van der Waals surface area contributed by atoms with Gasteiger partial charge in [-0.2, -0.15) is 0 Å². The average Bonchev–Trinajstić information content (AvgIpc) is 2.75. The molecule has 1 heterocycles. The number of rotatable bonds is 6. The van der Waals surface area contributed by atoms with Gasteiger partial charge in [-0.15, -0.1) is 0 Å². The van der Waals surface area contributed by atoms with E-state index >= 15 is 0 Å². The molecule has 0 saturated carbocycles. The third-order valence-corrected chi connectivity index (χ3v) is 4.21. The number of hydrogen-bond donors (Lipinski definition) is 1. The SMILES string of the molecule is CCC(C)Cn1c(SCC(=O)O)nc2c(F)cc(F)cc21. The summed E-state index contributed by atoms with van der Waals surface area (Å²) in [6.07, 6.45) is 0.903. The van der Waals surface area contributed by atoms with Gasteiger partial charge >= 0.3 is 5.97 Å². The fourth-order valence-corrected chi connectivity index (χ4v) is 2.72. The van der Waals surface area contributed by atoms with Crippen LogP contribution in [-0.2, 0) is 11.3 Å². The first-order chi connectivity index (χ1) is 9.92. The van der Waals surface area contributed by atoms with Crippen LogP contribution in [0.5, 0.6) is 0 Å². The third-order valence-electron chi connectivity index (χ3n) is 3.25. The second-order valence-electron chi connectivity index (χ2n) is 4.96. The lowest BCUT2D eigenvalue weighted by Gasteiger charge is -2.13. The number of carboxylic acids is 1. The molecule has 0 spiro atoms. The molecule has 2 aromatic rings. The number of benzene rings is 1. The minimum atomic E-state index is -0.978. The van der Waals surface area contributed by atoms with Crippen molar-refractivity contribution < 1.29 is 18.7 Å². The number of halogens is 2. The molecule has 1 aromatic heterocycles. The Labute approximate surface area is 125 Å². The Hall–Kier alpha value is -1.63. The molecule has 114 valence electrons. The third kappa shape index (κ3) is 3.53. The normalized spacial score (nSPS) is 12.8. The second-order valence-corrected chi connectivity index (χ2v) is 5.90. The highest BCUT2D eigenvalue weighted by Crippen LogP contribution is 2.28. The molecule has 0 bridgehead atoms. The summed E-state index contributed by atoms with van der Waals surface area (Å²) < 4.78 is 29.0. The van der Waals surface area contributed by atoms with Gasteiger partial charge in [0.05, 0.1) is 11.3 Å². The maximum absolute atomic E-state index is 13.8. The monoisotopic (exact) mass is 314 g/mol. The first-order valence-electron chi connectivity index (χ1n) is 6.62. The van der Waals surface area contributed by atoms with E-state index in [2.05, 4.69) is 4.98 Å². The molecule has 2 rings (SSSR count). The maximum atomic E-state index is 13.8. The molecule has 1 aromatic carbocycles.